The van der Waals surface area contributed by atoms with Gasteiger partial charge in [-0.25, -0.2) is 4.79 Å². The van der Waals surface area contributed by atoms with Gasteiger partial charge in [0.2, 0.25) is 17.6 Å². The Morgan fingerprint density at radius 3 is 2.23 bits per heavy atom. The van der Waals surface area contributed by atoms with Crippen molar-refractivity contribution >= 4 is 29.6 Å². The molecule has 0 aromatic heterocycles. The van der Waals surface area contributed by atoms with E-state index in [9.17, 15) is 24.0 Å². The Morgan fingerprint density at radius 1 is 1.10 bits per heavy atom. The van der Waals surface area contributed by atoms with Crippen LogP contribution in [0.5, 0.6) is 0 Å². The largest absolute Gasteiger partial charge is 0.444 e. The highest BCUT2D eigenvalue weighted by Gasteiger charge is 2.70. The Hall–Kier alpha value is -3.35. The third kappa shape index (κ3) is 7.61. The van der Waals surface area contributed by atoms with Gasteiger partial charge in [-0.1, -0.05) is 40.7 Å². The average molecular weight is 545 g/mol. The second-order valence-corrected chi connectivity index (χ2v) is 12.9. The standard InChI is InChI=1S/C29H44N4O6/c1-11-13-14-18(21(34)24(36)30-15-12-2)31-23(35)20-19-17(29(19,9)10)16-33(20)25(37)22(27(3,4)5)32-26(38)39-28(6,7)8/h12,17-20,22H,2,14-16H2,1,3-10H3,(H,30,36)(H,31,35)(H,32,38)/t17-,18?,19-,20-,22+/m0/s1. The molecule has 0 aromatic carbocycles. The molecule has 0 radical (unpaired) electrons. The summed E-state index contributed by atoms with van der Waals surface area (Å²) in [5.41, 5.74) is -1.62. The van der Waals surface area contributed by atoms with E-state index in [-0.39, 0.29) is 30.2 Å². The van der Waals surface area contributed by atoms with Gasteiger partial charge in [0.15, 0.2) is 0 Å². The summed E-state index contributed by atoms with van der Waals surface area (Å²) in [6, 6.07) is -3.01. The van der Waals surface area contributed by atoms with Crippen LogP contribution in [-0.2, 0) is 23.9 Å². The number of ketones is 1. The maximum Gasteiger partial charge on any atom is 0.408 e. The molecule has 0 bridgehead atoms. The Kier molecular flexibility index (Phi) is 9.65. The first-order chi connectivity index (χ1) is 17.9. The lowest BCUT2D eigenvalue weighted by atomic mass is 9.85. The molecule has 0 spiro atoms. The summed E-state index contributed by atoms with van der Waals surface area (Å²) in [4.78, 5) is 66.9. The van der Waals surface area contributed by atoms with E-state index in [1.54, 1.807) is 27.7 Å². The number of fused-ring (bicyclic) bond motifs is 1. The maximum atomic E-state index is 13.9. The van der Waals surface area contributed by atoms with Crippen molar-refractivity contribution in [2.24, 2.45) is 22.7 Å². The van der Waals surface area contributed by atoms with E-state index in [0.29, 0.717) is 6.54 Å². The summed E-state index contributed by atoms with van der Waals surface area (Å²) in [5.74, 6) is 2.78. The Morgan fingerprint density at radius 2 is 1.72 bits per heavy atom. The third-order valence-corrected chi connectivity index (χ3v) is 7.28. The Balaban J connectivity index is 2.33. The minimum atomic E-state index is -1.18. The van der Waals surface area contributed by atoms with Gasteiger partial charge in [0.05, 0.1) is 0 Å². The average Bonchev–Trinajstić information content (AvgIpc) is 3.14. The number of likely N-dealkylation sites (tertiary alicyclic amines) is 1. The second kappa shape index (κ2) is 11.8. The van der Waals surface area contributed by atoms with E-state index in [2.05, 4.69) is 34.4 Å². The highest BCUT2D eigenvalue weighted by molar-refractivity contribution is 6.38. The predicted molar refractivity (Wildman–Crippen MR) is 147 cm³/mol. The molecule has 39 heavy (non-hydrogen) atoms. The molecule has 1 saturated heterocycles. The van der Waals surface area contributed by atoms with Crippen molar-refractivity contribution < 1.29 is 28.7 Å². The number of nitrogens with one attached hydrogen (secondary N) is 3. The Labute approximate surface area is 232 Å². The van der Waals surface area contributed by atoms with Crippen molar-refractivity contribution in [2.75, 3.05) is 13.1 Å². The zero-order valence-electron chi connectivity index (χ0n) is 24.7. The summed E-state index contributed by atoms with van der Waals surface area (Å²) < 4.78 is 5.39. The highest BCUT2D eigenvalue weighted by Crippen LogP contribution is 2.65. The summed E-state index contributed by atoms with van der Waals surface area (Å²) in [6.07, 6.45) is 0.667. The monoisotopic (exact) mass is 544 g/mol. The number of amides is 4. The van der Waals surface area contributed by atoms with Crippen LogP contribution in [0.1, 0.15) is 68.7 Å². The summed E-state index contributed by atoms with van der Waals surface area (Å²) in [7, 11) is 0. The van der Waals surface area contributed by atoms with Crippen LogP contribution in [0.25, 0.3) is 0 Å². The third-order valence-electron chi connectivity index (χ3n) is 7.28. The zero-order chi connectivity index (χ0) is 29.9. The van der Waals surface area contributed by atoms with Gasteiger partial charge in [-0.15, -0.1) is 18.4 Å². The fourth-order valence-electron chi connectivity index (χ4n) is 5.13. The zero-order valence-corrected chi connectivity index (χ0v) is 24.7. The second-order valence-electron chi connectivity index (χ2n) is 12.9. The van der Waals surface area contributed by atoms with Gasteiger partial charge < -0.3 is 25.6 Å². The SMILES string of the molecule is C=CCNC(=O)C(=O)C(CC#CC)NC(=O)[C@@H]1[C@@H]2[C@H](CN1C(=O)[C@@H](NC(=O)OC(C)(C)C)C(C)(C)C)C2(C)C. The van der Waals surface area contributed by atoms with Gasteiger partial charge >= 0.3 is 6.09 Å². The quantitative estimate of drug-likeness (QED) is 0.231. The van der Waals surface area contributed by atoms with E-state index in [0.717, 1.165) is 0 Å². The normalized spacial score (nSPS) is 22.7. The number of hydrogen-bond acceptors (Lipinski definition) is 6. The van der Waals surface area contributed by atoms with Crippen LogP contribution < -0.4 is 16.0 Å². The number of Topliss-reactive ketones (excluding diaryl/α,β-unsaturated/α-hetero) is 1. The lowest BCUT2D eigenvalue weighted by Gasteiger charge is -2.38. The maximum absolute atomic E-state index is 13.9. The molecule has 10 nitrogen and oxygen atoms in total. The molecule has 1 aliphatic carbocycles. The number of carbonyl (C=O) groups excluding carboxylic acids is 5. The summed E-state index contributed by atoms with van der Waals surface area (Å²) in [6.45, 7) is 20.3. The van der Waals surface area contributed by atoms with E-state index in [1.165, 1.54) is 11.0 Å². The lowest BCUT2D eigenvalue weighted by molar-refractivity contribution is -0.145. The van der Waals surface area contributed by atoms with Crippen LogP contribution in [0.2, 0.25) is 0 Å². The van der Waals surface area contributed by atoms with Crippen molar-refractivity contribution in [1.29, 1.82) is 0 Å². The number of nitrogens with zero attached hydrogens (tertiary/aromatic N) is 1. The van der Waals surface area contributed by atoms with Gasteiger partial charge in [0.1, 0.15) is 23.7 Å². The molecule has 1 unspecified atom stereocenters. The van der Waals surface area contributed by atoms with Crippen LogP contribution >= 0.6 is 0 Å². The topological polar surface area (TPSA) is 134 Å². The molecule has 4 amide bonds. The molecular formula is C29H44N4O6. The Bertz CT molecular complexity index is 1070. The van der Waals surface area contributed by atoms with Crippen LogP contribution in [-0.4, -0.2) is 71.3 Å². The summed E-state index contributed by atoms with van der Waals surface area (Å²) in [5, 5.41) is 7.83. The molecule has 2 fully saturated rings. The summed E-state index contributed by atoms with van der Waals surface area (Å²) >= 11 is 0. The first-order valence-corrected chi connectivity index (χ1v) is 13.3. The highest BCUT2D eigenvalue weighted by atomic mass is 16.6. The minimum Gasteiger partial charge on any atom is -0.444 e. The molecule has 5 atom stereocenters. The van der Waals surface area contributed by atoms with Gasteiger partial charge in [-0.3, -0.25) is 19.2 Å². The number of rotatable bonds is 9. The van der Waals surface area contributed by atoms with Crippen LogP contribution in [0.3, 0.4) is 0 Å². The van der Waals surface area contributed by atoms with Crippen molar-refractivity contribution in [3.8, 4) is 11.8 Å². The molecule has 0 aromatic rings. The smallest absolute Gasteiger partial charge is 0.408 e. The molecule has 3 N–H and O–H groups in total. The molecule has 1 saturated carbocycles. The van der Waals surface area contributed by atoms with Crippen molar-refractivity contribution in [3.05, 3.63) is 12.7 Å². The molecule has 2 rings (SSSR count). The van der Waals surface area contributed by atoms with E-state index in [4.69, 9.17) is 4.74 Å². The van der Waals surface area contributed by atoms with Crippen LogP contribution in [0, 0.1) is 34.5 Å². The van der Waals surface area contributed by atoms with E-state index >= 15 is 0 Å². The minimum absolute atomic E-state index is 0.0500. The van der Waals surface area contributed by atoms with Crippen molar-refractivity contribution in [3.63, 3.8) is 0 Å². The van der Waals surface area contributed by atoms with Gasteiger partial charge in [-0.2, -0.15) is 0 Å². The number of alkyl carbamates (subject to hydrolysis) is 1. The van der Waals surface area contributed by atoms with Crippen LogP contribution in [0.4, 0.5) is 4.79 Å². The predicted octanol–water partition coefficient (Wildman–Crippen LogP) is 2.18. The fraction of sp³-hybridized carbons (Fsp3) is 0.690. The van der Waals surface area contributed by atoms with Gasteiger partial charge in [-0.05, 0) is 50.4 Å². The molecular weight excluding hydrogens is 500 g/mol. The molecule has 2 aliphatic rings. The number of carbonyl (C=O) groups is 5. The van der Waals surface area contributed by atoms with Gasteiger partial charge in [0, 0.05) is 19.5 Å². The molecule has 1 aliphatic heterocycles. The van der Waals surface area contributed by atoms with E-state index < -0.39 is 58.7 Å². The van der Waals surface area contributed by atoms with Crippen molar-refractivity contribution in [2.45, 2.75) is 92.5 Å². The lowest BCUT2D eigenvalue weighted by Crippen LogP contribution is -2.60. The number of piperidine rings is 1. The molecule has 216 valence electrons. The fourth-order valence-corrected chi connectivity index (χ4v) is 5.13. The number of hydrogen-bond donors (Lipinski definition) is 3. The van der Waals surface area contributed by atoms with Crippen LogP contribution in [0.15, 0.2) is 12.7 Å². The first-order valence-electron chi connectivity index (χ1n) is 13.3. The van der Waals surface area contributed by atoms with Gasteiger partial charge in [0.25, 0.3) is 5.91 Å². The van der Waals surface area contributed by atoms with Crippen molar-refractivity contribution in [1.82, 2.24) is 20.9 Å². The van der Waals surface area contributed by atoms with E-state index in [1.807, 2.05) is 34.6 Å². The number of ether oxygens (including phenoxy) is 1. The molecule has 1 heterocycles. The molecule has 10 heteroatoms. The first kappa shape index (κ1) is 31.9.